The highest BCUT2D eigenvalue weighted by Crippen LogP contribution is 2.27. The molecule has 0 fully saturated rings. The number of ether oxygens (including phenoxy) is 2. The first-order valence-corrected chi connectivity index (χ1v) is 6.80. The van der Waals surface area contributed by atoms with E-state index < -0.39 is 11.9 Å². The maximum atomic E-state index is 11.0. The van der Waals surface area contributed by atoms with Crippen molar-refractivity contribution in [1.82, 2.24) is 0 Å². The highest BCUT2D eigenvalue weighted by Gasteiger charge is 2.07. The fourth-order valence-electron chi connectivity index (χ4n) is 1.86. The topological polar surface area (TPSA) is 91.0 Å². The lowest BCUT2D eigenvalue weighted by Crippen LogP contribution is -2.10. The summed E-state index contributed by atoms with van der Waals surface area (Å²) >= 11 is 0. The van der Waals surface area contributed by atoms with Gasteiger partial charge < -0.3 is 15.2 Å². The first-order chi connectivity index (χ1) is 11.0. The molecule has 2 rings (SSSR count). The summed E-state index contributed by atoms with van der Waals surface area (Å²) in [5, 5.41) is 0. The molecule has 0 heterocycles. The van der Waals surface area contributed by atoms with Crippen molar-refractivity contribution in [2.45, 2.75) is 6.92 Å². The van der Waals surface area contributed by atoms with Gasteiger partial charge in [0.25, 0.3) is 0 Å². The maximum Gasteiger partial charge on any atom is 0.308 e. The Hall–Kier alpha value is -3.15. The number of carbonyl (C=O) groups is 2. The monoisotopic (exact) mass is 312 g/mol. The van der Waals surface area contributed by atoms with Gasteiger partial charge in [-0.3, -0.25) is 14.6 Å². The number of benzene rings is 2. The molecule has 0 aliphatic carbocycles. The molecule has 0 spiro atoms. The van der Waals surface area contributed by atoms with Gasteiger partial charge in [0.1, 0.15) is 0 Å². The number of hydrogen-bond donors (Lipinski definition) is 1. The van der Waals surface area contributed by atoms with Gasteiger partial charge in [0.2, 0.25) is 5.91 Å². The van der Waals surface area contributed by atoms with Gasteiger partial charge in [0.05, 0.1) is 12.8 Å². The molecule has 0 atom stereocenters. The molecular weight excluding hydrogens is 296 g/mol. The van der Waals surface area contributed by atoms with Crippen LogP contribution in [0, 0.1) is 0 Å². The van der Waals surface area contributed by atoms with E-state index in [0.29, 0.717) is 22.7 Å². The molecule has 0 radical (unpaired) electrons. The summed E-state index contributed by atoms with van der Waals surface area (Å²) < 4.78 is 10.2. The Kier molecular flexibility index (Phi) is 5.09. The molecule has 6 heteroatoms. The summed E-state index contributed by atoms with van der Waals surface area (Å²) in [7, 11) is 1.49. The summed E-state index contributed by atoms with van der Waals surface area (Å²) in [6.45, 7) is 1.32. The van der Waals surface area contributed by atoms with Crippen LogP contribution in [-0.4, -0.2) is 25.2 Å². The minimum Gasteiger partial charge on any atom is -0.493 e. The van der Waals surface area contributed by atoms with Crippen LogP contribution in [0.4, 0.5) is 5.69 Å². The Labute approximate surface area is 133 Å². The Morgan fingerprint density at radius 2 is 1.78 bits per heavy atom. The lowest BCUT2D eigenvalue weighted by molar-refractivity contribution is -0.132. The second-order valence-corrected chi connectivity index (χ2v) is 4.67. The quantitative estimate of drug-likeness (QED) is 0.521. The SMILES string of the molecule is COc1cc(C=Nc2ccc(C(N)=O)cc2)ccc1OC(C)=O. The number of aliphatic imine (C=N–C) groups is 1. The van der Waals surface area contributed by atoms with Crippen molar-refractivity contribution in [3.05, 3.63) is 53.6 Å². The fourth-order valence-corrected chi connectivity index (χ4v) is 1.86. The van der Waals surface area contributed by atoms with Gasteiger partial charge in [-0.2, -0.15) is 0 Å². The first-order valence-electron chi connectivity index (χ1n) is 6.80. The van der Waals surface area contributed by atoms with Crippen LogP contribution in [-0.2, 0) is 4.79 Å². The number of hydrogen-bond acceptors (Lipinski definition) is 5. The zero-order chi connectivity index (χ0) is 16.8. The van der Waals surface area contributed by atoms with Crippen LogP contribution in [0.1, 0.15) is 22.8 Å². The molecule has 0 saturated carbocycles. The highest BCUT2D eigenvalue weighted by molar-refractivity contribution is 5.93. The molecular formula is C17H16N2O4. The lowest BCUT2D eigenvalue weighted by Gasteiger charge is -2.08. The number of carbonyl (C=O) groups excluding carboxylic acids is 2. The van der Waals surface area contributed by atoms with Crippen LogP contribution in [0.5, 0.6) is 11.5 Å². The average molecular weight is 312 g/mol. The van der Waals surface area contributed by atoms with Gasteiger partial charge in [-0.15, -0.1) is 0 Å². The van der Waals surface area contributed by atoms with Gasteiger partial charge >= 0.3 is 5.97 Å². The molecule has 2 aromatic rings. The zero-order valence-electron chi connectivity index (χ0n) is 12.8. The van der Waals surface area contributed by atoms with Crippen LogP contribution < -0.4 is 15.2 Å². The van der Waals surface area contributed by atoms with Crippen molar-refractivity contribution in [3.8, 4) is 11.5 Å². The molecule has 0 aliphatic heterocycles. The maximum absolute atomic E-state index is 11.0. The number of methoxy groups -OCH3 is 1. The third-order valence-corrected chi connectivity index (χ3v) is 2.96. The van der Waals surface area contributed by atoms with Crippen molar-refractivity contribution in [3.63, 3.8) is 0 Å². The van der Waals surface area contributed by atoms with Gasteiger partial charge in [-0.25, -0.2) is 0 Å². The van der Waals surface area contributed by atoms with E-state index in [9.17, 15) is 9.59 Å². The summed E-state index contributed by atoms with van der Waals surface area (Å²) in [6, 6.07) is 11.7. The number of primary amides is 1. The molecule has 2 aromatic carbocycles. The van der Waals surface area contributed by atoms with E-state index in [1.165, 1.54) is 14.0 Å². The van der Waals surface area contributed by atoms with E-state index in [1.807, 2.05) is 0 Å². The molecule has 0 saturated heterocycles. The Morgan fingerprint density at radius 3 is 2.35 bits per heavy atom. The highest BCUT2D eigenvalue weighted by atomic mass is 16.6. The predicted octanol–water partition coefficient (Wildman–Crippen LogP) is 2.47. The molecule has 0 aliphatic rings. The average Bonchev–Trinajstić information content (AvgIpc) is 2.53. The third-order valence-electron chi connectivity index (χ3n) is 2.96. The van der Waals surface area contributed by atoms with E-state index in [0.717, 1.165) is 5.56 Å². The fraction of sp³-hybridized carbons (Fsp3) is 0.118. The van der Waals surface area contributed by atoms with E-state index >= 15 is 0 Å². The number of nitrogens with zero attached hydrogens (tertiary/aromatic N) is 1. The van der Waals surface area contributed by atoms with Crippen LogP contribution in [0.3, 0.4) is 0 Å². The van der Waals surface area contributed by atoms with Gasteiger partial charge in [-0.1, -0.05) is 0 Å². The van der Waals surface area contributed by atoms with E-state index in [1.54, 1.807) is 48.7 Å². The smallest absolute Gasteiger partial charge is 0.308 e. The Balaban J connectivity index is 2.18. The second kappa shape index (κ2) is 7.22. The number of amides is 1. The van der Waals surface area contributed by atoms with E-state index in [-0.39, 0.29) is 0 Å². The number of esters is 1. The van der Waals surface area contributed by atoms with Crippen molar-refractivity contribution >= 4 is 23.8 Å². The van der Waals surface area contributed by atoms with Crippen molar-refractivity contribution in [1.29, 1.82) is 0 Å². The lowest BCUT2D eigenvalue weighted by atomic mass is 10.2. The van der Waals surface area contributed by atoms with Crippen molar-refractivity contribution in [2.24, 2.45) is 10.7 Å². The van der Waals surface area contributed by atoms with Crippen molar-refractivity contribution < 1.29 is 19.1 Å². The predicted molar refractivity (Wildman–Crippen MR) is 86.5 cm³/mol. The molecule has 118 valence electrons. The van der Waals surface area contributed by atoms with Crippen LogP contribution in [0.25, 0.3) is 0 Å². The minimum absolute atomic E-state index is 0.350. The second-order valence-electron chi connectivity index (χ2n) is 4.67. The Bertz CT molecular complexity index is 752. The summed E-state index contributed by atoms with van der Waals surface area (Å²) in [5.41, 5.74) is 7.06. The molecule has 2 N–H and O–H groups in total. The van der Waals surface area contributed by atoms with E-state index in [2.05, 4.69) is 4.99 Å². The standard InChI is InChI=1S/C17H16N2O4/c1-11(20)23-15-8-3-12(9-16(15)22-2)10-19-14-6-4-13(5-7-14)17(18)21/h3-10H,1-2H3,(H2,18,21). The normalized spacial score (nSPS) is 10.5. The van der Waals surface area contributed by atoms with Gasteiger partial charge in [0.15, 0.2) is 11.5 Å². The van der Waals surface area contributed by atoms with Crippen LogP contribution in [0.15, 0.2) is 47.5 Å². The van der Waals surface area contributed by atoms with Crippen LogP contribution in [0.2, 0.25) is 0 Å². The number of nitrogens with two attached hydrogens (primary N) is 1. The minimum atomic E-state index is -0.480. The van der Waals surface area contributed by atoms with E-state index in [4.69, 9.17) is 15.2 Å². The molecule has 0 unspecified atom stereocenters. The van der Waals surface area contributed by atoms with Crippen molar-refractivity contribution in [2.75, 3.05) is 7.11 Å². The van der Waals surface area contributed by atoms with Gasteiger partial charge in [-0.05, 0) is 48.0 Å². The zero-order valence-corrected chi connectivity index (χ0v) is 12.8. The molecule has 23 heavy (non-hydrogen) atoms. The third kappa shape index (κ3) is 4.41. The largest absolute Gasteiger partial charge is 0.493 e. The molecule has 0 aromatic heterocycles. The molecule has 0 bridgehead atoms. The van der Waals surface area contributed by atoms with Gasteiger partial charge in [0, 0.05) is 18.7 Å². The Morgan fingerprint density at radius 1 is 1.09 bits per heavy atom. The first kappa shape index (κ1) is 16.2. The summed E-state index contributed by atoms with van der Waals surface area (Å²) in [5.74, 6) is -0.109. The molecule has 1 amide bonds. The summed E-state index contributed by atoms with van der Waals surface area (Å²) in [6.07, 6.45) is 1.64. The van der Waals surface area contributed by atoms with Crippen LogP contribution >= 0.6 is 0 Å². The molecule has 6 nitrogen and oxygen atoms in total. The number of rotatable bonds is 5. The summed E-state index contributed by atoms with van der Waals surface area (Å²) in [4.78, 5) is 26.3.